The van der Waals surface area contributed by atoms with E-state index in [1.807, 2.05) is 6.92 Å². The smallest absolute Gasteiger partial charge is 0.281 e. The number of aryl methyl sites for hydroxylation is 1. The van der Waals surface area contributed by atoms with Gasteiger partial charge in [-0.15, -0.1) is 0 Å². The normalized spacial score (nSPS) is 17.8. The fraction of sp³-hybridized carbons (Fsp3) is 0.667. The Bertz CT molecular complexity index is 492. The second-order valence-electron chi connectivity index (χ2n) is 4.04. The molecule has 1 aliphatic rings. The summed E-state index contributed by atoms with van der Waals surface area (Å²) in [5.41, 5.74) is 1.90. The lowest BCUT2D eigenvalue weighted by atomic mass is 10.1. The van der Waals surface area contributed by atoms with Crippen LogP contribution in [-0.4, -0.2) is 42.8 Å². The van der Waals surface area contributed by atoms with Crippen LogP contribution >= 0.6 is 0 Å². The molecule has 0 radical (unpaired) electrons. The maximum Gasteiger partial charge on any atom is 0.281 e. The van der Waals surface area contributed by atoms with Gasteiger partial charge in [0.25, 0.3) is 10.2 Å². The minimum absolute atomic E-state index is 0.274. The Morgan fingerprint density at radius 2 is 2.12 bits per heavy atom. The predicted octanol–water partition coefficient (Wildman–Crippen LogP) is 0.148. The van der Waals surface area contributed by atoms with E-state index in [4.69, 9.17) is 4.52 Å². The summed E-state index contributed by atoms with van der Waals surface area (Å²) in [4.78, 5) is 0. The molecule has 16 heavy (non-hydrogen) atoms. The van der Waals surface area contributed by atoms with E-state index in [-0.39, 0.29) is 6.54 Å². The van der Waals surface area contributed by atoms with Gasteiger partial charge in [0.1, 0.15) is 0 Å². The van der Waals surface area contributed by atoms with Crippen LogP contribution in [0.5, 0.6) is 0 Å². The van der Waals surface area contributed by atoms with E-state index in [1.165, 1.54) is 22.7 Å². The quantitative estimate of drug-likeness (QED) is 0.743. The van der Waals surface area contributed by atoms with Crippen molar-refractivity contribution in [2.24, 2.45) is 0 Å². The van der Waals surface area contributed by atoms with Gasteiger partial charge < -0.3 is 4.52 Å². The molecule has 0 bridgehead atoms. The van der Waals surface area contributed by atoms with Crippen molar-refractivity contribution in [2.75, 3.05) is 20.6 Å². The Kier molecular flexibility index (Phi) is 2.77. The molecule has 2 rings (SSSR count). The molecule has 0 saturated heterocycles. The monoisotopic (exact) mass is 245 g/mol. The number of aromatic nitrogens is 1. The van der Waals surface area contributed by atoms with Crippen LogP contribution in [-0.2, 0) is 23.2 Å². The molecule has 1 aromatic heterocycles. The van der Waals surface area contributed by atoms with E-state index in [2.05, 4.69) is 5.16 Å². The van der Waals surface area contributed by atoms with Gasteiger partial charge in [-0.05, 0) is 13.3 Å². The molecular weight excluding hydrogens is 230 g/mol. The summed E-state index contributed by atoms with van der Waals surface area (Å²) < 4.78 is 31.5. The van der Waals surface area contributed by atoms with E-state index in [9.17, 15) is 8.42 Å². The van der Waals surface area contributed by atoms with Crippen molar-refractivity contribution in [3.05, 3.63) is 17.0 Å². The van der Waals surface area contributed by atoms with Crippen LogP contribution in [0.15, 0.2) is 4.52 Å². The van der Waals surface area contributed by atoms with Gasteiger partial charge in [-0.1, -0.05) is 5.16 Å². The van der Waals surface area contributed by atoms with Crippen molar-refractivity contribution in [1.29, 1.82) is 0 Å². The molecule has 0 unspecified atom stereocenters. The lowest BCUT2D eigenvalue weighted by Gasteiger charge is -2.27. The van der Waals surface area contributed by atoms with Gasteiger partial charge in [-0.25, -0.2) is 0 Å². The number of fused-ring (bicyclic) bond motifs is 1. The minimum atomic E-state index is -3.35. The van der Waals surface area contributed by atoms with Crippen LogP contribution < -0.4 is 0 Å². The molecule has 0 amide bonds. The first-order valence-electron chi connectivity index (χ1n) is 5.04. The SMILES string of the molecule is Cc1noc2c1CCN(S(=O)(=O)N(C)C)C2. The molecule has 2 heterocycles. The van der Waals surface area contributed by atoms with Gasteiger partial charge >= 0.3 is 0 Å². The second kappa shape index (κ2) is 3.83. The lowest BCUT2D eigenvalue weighted by Crippen LogP contribution is -2.42. The van der Waals surface area contributed by atoms with Crippen molar-refractivity contribution in [3.8, 4) is 0 Å². The lowest BCUT2D eigenvalue weighted by molar-refractivity contribution is 0.295. The van der Waals surface area contributed by atoms with Crippen LogP contribution in [0.25, 0.3) is 0 Å². The average Bonchev–Trinajstić information content (AvgIpc) is 2.60. The number of hydrogen-bond donors (Lipinski definition) is 0. The third-order valence-electron chi connectivity index (χ3n) is 2.78. The first kappa shape index (κ1) is 11.6. The summed E-state index contributed by atoms with van der Waals surface area (Å²) in [5, 5.41) is 3.85. The third kappa shape index (κ3) is 1.74. The number of hydrogen-bond acceptors (Lipinski definition) is 4. The van der Waals surface area contributed by atoms with E-state index in [0.717, 1.165) is 11.3 Å². The summed E-state index contributed by atoms with van der Waals surface area (Å²) in [6.45, 7) is 2.63. The Morgan fingerprint density at radius 3 is 2.75 bits per heavy atom. The summed E-state index contributed by atoms with van der Waals surface area (Å²) in [6.07, 6.45) is 0.664. The van der Waals surface area contributed by atoms with Crippen LogP contribution in [0.2, 0.25) is 0 Å². The molecule has 1 aliphatic heterocycles. The predicted molar refractivity (Wildman–Crippen MR) is 58.0 cm³/mol. The fourth-order valence-electron chi connectivity index (χ4n) is 1.78. The van der Waals surface area contributed by atoms with Crippen LogP contribution in [0.4, 0.5) is 0 Å². The number of rotatable bonds is 2. The van der Waals surface area contributed by atoms with E-state index >= 15 is 0 Å². The van der Waals surface area contributed by atoms with E-state index < -0.39 is 10.2 Å². The molecule has 0 aliphatic carbocycles. The highest BCUT2D eigenvalue weighted by atomic mass is 32.2. The third-order valence-corrected chi connectivity index (χ3v) is 4.67. The second-order valence-corrected chi connectivity index (χ2v) is 6.19. The molecule has 0 atom stereocenters. The molecule has 1 aromatic rings. The summed E-state index contributed by atoms with van der Waals surface area (Å²) in [6, 6.07) is 0. The first-order chi connectivity index (χ1) is 7.43. The van der Waals surface area contributed by atoms with E-state index in [0.29, 0.717) is 18.7 Å². The van der Waals surface area contributed by atoms with Crippen molar-refractivity contribution in [2.45, 2.75) is 19.9 Å². The highest BCUT2D eigenvalue weighted by Crippen LogP contribution is 2.23. The molecule has 0 fully saturated rings. The summed E-state index contributed by atoms with van der Waals surface area (Å²) in [5.74, 6) is 0.661. The van der Waals surface area contributed by atoms with Crippen molar-refractivity contribution >= 4 is 10.2 Å². The van der Waals surface area contributed by atoms with Crippen molar-refractivity contribution in [3.63, 3.8) is 0 Å². The van der Waals surface area contributed by atoms with Crippen LogP contribution in [0, 0.1) is 6.92 Å². The maximum absolute atomic E-state index is 11.9. The van der Waals surface area contributed by atoms with Crippen molar-refractivity contribution in [1.82, 2.24) is 13.8 Å². The maximum atomic E-state index is 11.9. The molecular formula is C9H15N3O3S. The Morgan fingerprint density at radius 1 is 1.44 bits per heavy atom. The zero-order chi connectivity index (χ0) is 11.9. The fourth-order valence-corrected chi connectivity index (χ4v) is 2.85. The Balaban J connectivity index is 2.27. The van der Waals surface area contributed by atoms with Crippen LogP contribution in [0.1, 0.15) is 17.0 Å². The largest absolute Gasteiger partial charge is 0.359 e. The van der Waals surface area contributed by atoms with Gasteiger partial charge in [-0.2, -0.15) is 17.0 Å². The average molecular weight is 245 g/mol. The highest BCUT2D eigenvalue weighted by molar-refractivity contribution is 7.86. The molecule has 7 heteroatoms. The zero-order valence-electron chi connectivity index (χ0n) is 9.60. The van der Waals surface area contributed by atoms with Gasteiger partial charge in [0.2, 0.25) is 0 Å². The molecule has 0 aromatic carbocycles. The molecule has 0 saturated carbocycles. The summed E-state index contributed by atoms with van der Waals surface area (Å²) in [7, 11) is -0.306. The topological polar surface area (TPSA) is 66.7 Å². The van der Waals surface area contributed by atoms with Gasteiger partial charge in [0.05, 0.1) is 12.2 Å². The molecule has 0 N–H and O–H groups in total. The van der Waals surface area contributed by atoms with Gasteiger partial charge in [-0.3, -0.25) is 0 Å². The number of nitrogens with zero attached hydrogens (tertiary/aromatic N) is 3. The highest BCUT2D eigenvalue weighted by Gasteiger charge is 2.31. The molecule has 0 spiro atoms. The zero-order valence-corrected chi connectivity index (χ0v) is 10.4. The van der Waals surface area contributed by atoms with Gasteiger partial charge in [0.15, 0.2) is 5.76 Å². The molecule has 6 nitrogen and oxygen atoms in total. The standard InChI is InChI=1S/C9H15N3O3S/c1-7-8-4-5-12(6-9(8)15-10-7)16(13,14)11(2)3/h4-6H2,1-3H3. The minimum Gasteiger partial charge on any atom is -0.359 e. The molecule has 90 valence electrons. The van der Waals surface area contributed by atoms with Gasteiger partial charge in [0, 0.05) is 26.2 Å². The Hall–Kier alpha value is -0.920. The Labute approximate surface area is 95.0 Å². The van der Waals surface area contributed by atoms with Crippen molar-refractivity contribution < 1.29 is 12.9 Å². The summed E-state index contributed by atoms with van der Waals surface area (Å²) >= 11 is 0. The first-order valence-corrected chi connectivity index (χ1v) is 6.44. The van der Waals surface area contributed by atoms with Crippen LogP contribution in [0.3, 0.4) is 0 Å². The van der Waals surface area contributed by atoms with E-state index in [1.54, 1.807) is 0 Å².